The van der Waals surface area contributed by atoms with Crippen LogP contribution >= 0.6 is 0 Å². The number of likely N-dealkylation sites (N-methyl/N-ethyl adjacent to an activating group) is 1. The second-order valence-electron chi connectivity index (χ2n) is 2.90. The van der Waals surface area contributed by atoms with E-state index in [4.69, 9.17) is 20.9 Å². The predicted molar refractivity (Wildman–Crippen MR) is 48.1 cm³/mol. The number of carbonyl (C=O) groups excluding carboxylic acids is 1. The van der Waals surface area contributed by atoms with Gasteiger partial charge in [0, 0.05) is 7.05 Å². The first-order valence-corrected chi connectivity index (χ1v) is 3.93. The zero-order valence-electron chi connectivity index (χ0n) is 7.75. The molecule has 80 valence electrons. The fourth-order valence-electron chi connectivity index (χ4n) is 0.893. The van der Waals surface area contributed by atoms with Crippen molar-refractivity contribution in [3.63, 3.8) is 0 Å². The maximum absolute atomic E-state index is 11.2. The summed E-state index contributed by atoms with van der Waals surface area (Å²) in [5.41, 5.74) is 5.26. The Morgan fingerprint density at radius 1 is 1.50 bits per heavy atom. The van der Waals surface area contributed by atoms with E-state index in [0.717, 1.165) is 4.90 Å². The molecule has 0 aromatic carbocycles. The van der Waals surface area contributed by atoms with Crippen LogP contribution in [0.25, 0.3) is 0 Å². The van der Waals surface area contributed by atoms with Crippen molar-refractivity contribution in [2.75, 3.05) is 13.5 Å². The lowest BCUT2D eigenvalue weighted by atomic mass is 9.91. The van der Waals surface area contributed by atoms with E-state index in [1.165, 1.54) is 7.05 Å². The number of hydrogen-bond acceptors (Lipinski definition) is 5. The molecule has 0 aliphatic rings. The van der Waals surface area contributed by atoms with Crippen LogP contribution < -0.4 is 5.73 Å². The zero-order valence-corrected chi connectivity index (χ0v) is 7.75. The minimum Gasteiger partial charge on any atom is -0.481 e. The summed E-state index contributed by atoms with van der Waals surface area (Å²) in [6.07, 6.45) is -0.781. The van der Waals surface area contributed by atoms with Gasteiger partial charge in [-0.15, -0.1) is 0 Å². The number of rotatable bonds is 5. The average Bonchev–Trinajstić information content (AvgIpc) is 2.00. The summed E-state index contributed by atoms with van der Waals surface area (Å²) in [7, 11) is -0.343. The Bertz CT molecular complexity index is 222. The molecule has 0 heterocycles. The van der Waals surface area contributed by atoms with Crippen molar-refractivity contribution in [2.45, 2.75) is 12.5 Å². The fourth-order valence-corrected chi connectivity index (χ4v) is 0.893. The van der Waals surface area contributed by atoms with Gasteiger partial charge in [0.1, 0.15) is 0 Å². The first kappa shape index (κ1) is 12.9. The maximum atomic E-state index is 11.2. The molecule has 5 N–H and O–H groups in total. The van der Waals surface area contributed by atoms with Crippen molar-refractivity contribution in [3.8, 4) is 0 Å². The highest BCUT2D eigenvalue weighted by molar-refractivity contribution is 6.41. The molecule has 0 bridgehead atoms. The van der Waals surface area contributed by atoms with Gasteiger partial charge in [0.05, 0.1) is 18.9 Å². The number of aliphatic carboxylic acids is 1. The highest BCUT2D eigenvalue weighted by Crippen LogP contribution is 1.95. The normalized spacial score (nSPS) is 12.0. The second kappa shape index (κ2) is 5.58. The lowest BCUT2D eigenvalue weighted by Gasteiger charge is -2.19. The van der Waals surface area contributed by atoms with Gasteiger partial charge < -0.3 is 25.8 Å². The van der Waals surface area contributed by atoms with E-state index < -0.39 is 31.5 Å². The molecule has 14 heavy (non-hydrogen) atoms. The molecule has 0 saturated heterocycles. The van der Waals surface area contributed by atoms with Crippen LogP contribution in [0.15, 0.2) is 0 Å². The standard InChI is InChI=1S/C6H13BN2O5/c1-9(3-7(13)14)6(12)4(8)2-5(10)11/h4,13-14H,2-3,8H2,1H3,(H,10,11)/t4-/m0/s1. The van der Waals surface area contributed by atoms with E-state index in [2.05, 4.69) is 0 Å². The van der Waals surface area contributed by atoms with E-state index in [-0.39, 0.29) is 6.44 Å². The van der Waals surface area contributed by atoms with Crippen LogP contribution in [0, 0.1) is 0 Å². The van der Waals surface area contributed by atoms with Crippen molar-refractivity contribution < 1.29 is 24.7 Å². The van der Waals surface area contributed by atoms with Crippen LogP contribution in [0.2, 0.25) is 0 Å². The average molecular weight is 204 g/mol. The van der Waals surface area contributed by atoms with Gasteiger partial charge in [0.15, 0.2) is 0 Å². The smallest absolute Gasteiger partial charge is 0.472 e. The third kappa shape index (κ3) is 4.80. The van der Waals surface area contributed by atoms with Crippen LogP contribution in [-0.2, 0) is 9.59 Å². The van der Waals surface area contributed by atoms with Gasteiger partial charge in [-0.1, -0.05) is 0 Å². The summed E-state index contributed by atoms with van der Waals surface area (Å²) in [5.74, 6) is -1.82. The topological polar surface area (TPSA) is 124 Å². The van der Waals surface area contributed by atoms with Crippen molar-refractivity contribution in [1.82, 2.24) is 4.90 Å². The Hall–Kier alpha value is -1.12. The summed E-state index contributed by atoms with van der Waals surface area (Å²) in [5, 5.41) is 25.4. The first-order valence-electron chi connectivity index (χ1n) is 3.93. The van der Waals surface area contributed by atoms with Gasteiger partial charge in [-0.05, 0) is 0 Å². The molecule has 8 heteroatoms. The largest absolute Gasteiger partial charge is 0.481 e. The Labute approximate surface area is 81.3 Å². The third-order valence-corrected chi connectivity index (χ3v) is 1.53. The van der Waals surface area contributed by atoms with Crippen LogP contribution in [0.1, 0.15) is 6.42 Å². The number of nitrogens with zero attached hydrogens (tertiary/aromatic N) is 1. The zero-order chi connectivity index (χ0) is 11.3. The van der Waals surface area contributed by atoms with Crippen molar-refractivity contribution in [1.29, 1.82) is 0 Å². The molecule has 0 radical (unpaired) electrons. The molecule has 0 spiro atoms. The third-order valence-electron chi connectivity index (χ3n) is 1.53. The predicted octanol–water partition coefficient (Wildman–Crippen LogP) is -2.74. The van der Waals surface area contributed by atoms with Crippen LogP contribution in [0.5, 0.6) is 0 Å². The molecule has 0 rings (SSSR count). The van der Waals surface area contributed by atoms with E-state index in [1.54, 1.807) is 0 Å². The number of carbonyl (C=O) groups is 2. The molecule has 0 saturated carbocycles. The molecule has 0 aliphatic heterocycles. The SMILES string of the molecule is CN(CB(O)O)C(=O)[C@@H](N)CC(=O)O. The molecule has 1 atom stereocenters. The Balaban J connectivity index is 4.10. The summed E-state index contributed by atoms with van der Waals surface area (Å²) in [4.78, 5) is 22.4. The molecule has 0 aliphatic carbocycles. The molecule has 0 fully saturated rings. The van der Waals surface area contributed by atoms with Gasteiger partial charge in [-0.2, -0.15) is 0 Å². The van der Waals surface area contributed by atoms with Crippen molar-refractivity contribution >= 4 is 19.0 Å². The first-order chi connectivity index (χ1) is 6.34. The second-order valence-corrected chi connectivity index (χ2v) is 2.90. The van der Waals surface area contributed by atoms with Gasteiger partial charge in [-0.25, -0.2) is 0 Å². The highest BCUT2D eigenvalue weighted by Gasteiger charge is 2.23. The molecular weight excluding hydrogens is 191 g/mol. The van der Waals surface area contributed by atoms with Crippen molar-refractivity contribution in [2.24, 2.45) is 5.73 Å². The molecule has 0 unspecified atom stereocenters. The summed E-state index contributed by atoms with van der Waals surface area (Å²) in [6, 6.07) is -1.16. The van der Waals surface area contributed by atoms with Crippen LogP contribution in [0.4, 0.5) is 0 Å². The van der Waals surface area contributed by atoms with Gasteiger partial charge in [0.25, 0.3) is 0 Å². The van der Waals surface area contributed by atoms with Crippen molar-refractivity contribution in [3.05, 3.63) is 0 Å². The van der Waals surface area contributed by atoms with E-state index >= 15 is 0 Å². The number of amides is 1. The monoisotopic (exact) mass is 204 g/mol. The summed E-state index contributed by atoms with van der Waals surface area (Å²) < 4.78 is 0. The summed E-state index contributed by atoms with van der Waals surface area (Å²) in [6.45, 7) is 0. The Morgan fingerprint density at radius 2 is 2.00 bits per heavy atom. The fraction of sp³-hybridized carbons (Fsp3) is 0.667. The van der Waals surface area contributed by atoms with E-state index in [9.17, 15) is 9.59 Å². The van der Waals surface area contributed by atoms with E-state index in [1.807, 2.05) is 0 Å². The van der Waals surface area contributed by atoms with E-state index in [0.29, 0.717) is 0 Å². The number of carboxylic acids is 1. The van der Waals surface area contributed by atoms with Crippen LogP contribution in [0.3, 0.4) is 0 Å². The number of hydrogen-bond donors (Lipinski definition) is 4. The van der Waals surface area contributed by atoms with Gasteiger partial charge in [-0.3, -0.25) is 9.59 Å². The quantitative estimate of drug-likeness (QED) is 0.360. The molecule has 7 nitrogen and oxygen atoms in total. The molecular formula is C6H13BN2O5. The van der Waals surface area contributed by atoms with Gasteiger partial charge >= 0.3 is 13.1 Å². The highest BCUT2D eigenvalue weighted by atomic mass is 16.4. The minimum atomic E-state index is -1.65. The summed E-state index contributed by atoms with van der Waals surface area (Å²) >= 11 is 0. The van der Waals surface area contributed by atoms with Crippen LogP contribution in [-0.4, -0.2) is 58.6 Å². The number of carboxylic acid groups (broad SMARTS) is 1. The lowest BCUT2D eigenvalue weighted by molar-refractivity contribution is -0.141. The lowest BCUT2D eigenvalue weighted by Crippen LogP contribution is -2.46. The Morgan fingerprint density at radius 3 is 2.36 bits per heavy atom. The molecule has 0 aromatic rings. The van der Waals surface area contributed by atoms with Gasteiger partial charge in [0.2, 0.25) is 5.91 Å². The number of nitrogens with two attached hydrogens (primary N) is 1. The minimum absolute atomic E-state index is 0.299. The molecule has 1 amide bonds. The molecule has 0 aromatic heterocycles. The maximum Gasteiger partial charge on any atom is 0.472 e. The Kier molecular flexibility index (Phi) is 5.14.